The zero-order valence-electron chi connectivity index (χ0n) is 16.5. The van der Waals surface area contributed by atoms with E-state index in [2.05, 4.69) is 10.3 Å². The third kappa shape index (κ3) is 5.18. The number of pyridine rings is 1. The number of nitrogens with one attached hydrogen (secondary N) is 1. The van der Waals surface area contributed by atoms with Crippen molar-refractivity contribution < 1.29 is 4.79 Å². The van der Waals surface area contributed by atoms with Crippen LogP contribution in [0.2, 0.25) is 15.1 Å². The molecule has 0 spiro atoms. The number of carbonyl (C=O) groups excluding carboxylic acids is 1. The molecule has 2 heterocycles. The normalized spacial score (nSPS) is 11.1. The zero-order valence-corrected chi connectivity index (χ0v) is 18.8. The minimum Gasteiger partial charge on any atom is -0.354 e. The van der Waals surface area contributed by atoms with Crippen LogP contribution in [0.3, 0.4) is 0 Å². The Morgan fingerprint density at radius 2 is 1.74 bits per heavy atom. The highest BCUT2D eigenvalue weighted by molar-refractivity contribution is 6.42. The minimum atomic E-state index is -0.123. The first kappa shape index (κ1) is 21.6. The molecular formula is C23H19Cl3N4O. The van der Waals surface area contributed by atoms with E-state index >= 15 is 0 Å². The van der Waals surface area contributed by atoms with Crippen LogP contribution in [0.15, 0.2) is 60.8 Å². The summed E-state index contributed by atoms with van der Waals surface area (Å²) in [6.45, 7) is 0.603. The number of fused-ring (bicyclic) bond motifs is 1. The summed E-state index contributed by atoms with van der Waals surface area (Å²) >= 11 is 18.8. The van der Waals surface area contributed by atoms with Crippen LogP contribution in [0.25, 0.3) is 11.0 Å². The summed E-state index contributed by atoms with van der Waals surface area (Å²) in [5.74, 6) is 0.586. The van der Waals surface area contributed by atoms with E-state index in [1.165, 1.54) is 0 Å². The van der Waals surface area contributed by atoms with Gasteiger partial charge in [-0.15, -0.1) is 0 Å². The van der Waals surface area contributed by atoms with E-state index in [0.29, 0.717) is 45.8 Å². The predicted molar refractivity (Wildman–Crippen MR) is 125 cm³/mol. The summed E-state index contributed by atoms with van der Waals surface area (Å²) in [7, 11) is 0. The van der Waals surface area contributed by atoms with Crippen molar-refractivity contribution in [1.29, 1.82) is 0 Å². The van der Waals surface area contributed by atoms with Gasteiger partial charge >= 0.3 is 0 Å². The molecule has 5 nitrogen and oxygen atoms in total. The molecule has 0 aliphatic carbocycles. The molecule has 0 aliphatic rings. The lowest BCUT2D eigenvalue weighted by atomic mass is 10.1. The quantitative estimate of drug-likeness (QED) is 0.394. The number of nitrogens with zero attached hydrogens (tertiary/aromatic N) is 3. The summed E-state index contributed by atoms with van der Waals surface area (Å²) in [4.78, 5) is 21.7. The SMILES string of the molecule is O=C(Cn1c(Cc2ccccc2Cl)nc2cc(Cl)c(Cl)cc21)NCCc1ccccn1. The van der Waals surface area contributed by atoms with Gasteiger partial charge in [-0.05, 0) is 35.9 Å². The molecule has 2 aromatic carbocycles. The third-order valence-electron chi connectivity index (χ3n) is 4.91. The fourth-order valence-electron chi connectivity index (χ4n) is 3.37. The average molecular weight is 474 g/mol. The summed E-state index contributed by atoms with van der Waals surface area (Å²) in [5, 5.41) is 4.43. The van der Waals surface area contributed by atoms with Gasteiger partial charge in [-0.3, -0.25) is 9.78 Å². The zero-order chi connectivity index (χ0) is 21.8. The van der Waals surface area contributed by atoms with Crippen molar-refractivity contribution in [3.63, 3.8) is 0 Å². The van der Waals surface area contributed by atoms with Crippen molar-refractivity contribution in [2.24, 2.45) is 0 Å². The minimum absolute atomic E-state index is 0.108. The number of hydrogen-bond donors (Lipinski definition) is 1. The summed E-state index contributed by atoms with van der Waals surface area (Å²) in [5.41, 5.74) is 3.28. The molecule has 0 fully saturated rings. The Morgan fingerprint density at radius 1 is 0.968 bits per heavy atom. The van der Waals surface area contributed by atoms with Crippen LogP contribution >= 0.6 is 34.8 Å². The molecule has 0 aliphatic heterocycles. The van der Waals surface area contributed by atoms with Crippen molar-refractivity contribution >= 4 is 51.7 Å². The summed E-state index contributed by atoms with van der Waals surface area (Å²) in [6.07, 6.45) is 2.88. The van der Waals surface area contributed by atoms with Gasteiger partial charge in [-0.25, -0.2) is 4.98 Å². The van der Waals surface area contributed by atoms with E-state index in [1.807, 2.05) is 47.0 Å². The molecule has 31 heavy (non-hydrogen) atoms. The third-order valence-corrected chi connectivity index (χ3v) is 6.00. The number of rotatable bonds is 7. The summed E-state index contributed by atoms with van der Waals surface area (Å²) < 4.78 is 1.86. The Labute approximate surface area is 195 Å². The Hall–Kier alpha value is -2.60. The van der Waals surface area contributed by atoms with E-state index in [9.17, 15) is 4.79 Å². The summed E-state index contributed by atoms with van der Waals surface area (Å²) in [6, 6.07) is 16.8. The first-order valence-electron chi connectivity index (χ1n) is 9.75. The van der Waals surface area contributed by atoms with Gasteiger partial charge in [0.15, 0.2) is 0 Å². The van der Waals surface area contributed by atoms with Crippen LogP contribution in [-0.4, -0.2) is 27.0 Å². The topological polar surface area (TPSA) is 59.8 Å². The molecule has 0 bridgehead atoms. The smallest absolute Gasteiger partial charge is 0.240 e. The van der Waals surface area contributed by atoms with Crippen LogP contribution in [0.1, 0.15) is 17.1 Å². The number of amides is 1. The molecule has 158 valence electrons. The Bertz CT molecular complexity index is 1220. The molecule has 1 N–H and O–H groups in total. The van der Waals surface area contributed by atoms with Gasteiger partial charge in [-0.2, -0.15) is 0 Å². The fourth-order valence-corrected chi connectivity index (χ4v) is 3.89. The average Bonchev–Trinajstić information content (AvgIpc) is 3.07. The lowest BCUT2D eigenvalue weighted by Gasteiger charge is -2.11. The van der Waals surface area contributed by atoms with Gasteiger partial charge in [-0.1, -0.05) is 59.1 Å². The molecule has 8 heteroatoms. The first-order valence-corrected chi connectivity index (χ1v) is 10.9. The molecule has 0 saturated heterocycles. The van der Waals surface area contributed by atoms with Crippen molar-refractivity contribution in [3.05, 3.63) is 92.9 Å². The second-order valence-electron chi connectivity index (χ2n) is 7.06. The lowest BCUT2D eigenvalue weighted by molar-refractivity contribution is -0.121. The first-order chi connectivity index (χ1) is 15.0. The molecule has 2 aromatic heterocycles. The number of imidazole rings is 1. The van der Waals surface area contributed by atoms with E-state index in [1.54, 1.807) is 18.3 Å². The highest BCUT2D eigenvalue weighted by atomic mass is 35.5. The van der Waals surface area contributed by atoms with Gasteiger partial charge < -0.3 is 9.88 Å². The number of benzene rings is 2. The van der Waals surface area contributed by atoms with E-state index in [4.69, 9.17) is 39.8 Å². The maximum atomic E-state index is 12.7. The van der Waals surface area contributed by atoms with Crippen molar-refractivity contribution in [3.8, 4) is 0 Å². The van der Waals surface area contributed by atoms with Gasteiger partial charge in [0, 0.05) is 36.3 Å². The highest BCUT2D eigenvalue weighted by Crippen LogP contribution is 2.29. The van der Waals surface area contributed by atoms with Crippen LogP contribution in [-0.2, 0) is 24.2 Å². The van der Waals surface area contributed by atoms with Crippen LogP contribution in [0, 0.1) is 0 Å². The maximum Gasteiger partial charge on any atom is 0.240 e. The van der Waals surface area contributed by atoms with Crippen LogP contribution < -0.4 is 5.32 Å². The molecule has 0 saturated carbocycles. The lowest BCUT2D eigenvalue weighted by Crippen LogP contribution is -2.30. The number of carbonyl (C=O) groups is 1. The van der Waals surface area contributed by atoms with E-state index in [0.717, 1.165) is 16.8 Å². The molecule has 4 rings (SSSR count). The second-order valence-corrected chi connectivity index (χ2v) is 8.28. The molecule has 0 unspecified atom stereocenters. The number of aromatic nitrogens is 3. The van der Waals surface area contributed by atoms with Gasteiger partial charge in [0.05, 0.1) is 21.1 Å². The monoisotopic (exact) mass is 472 g/mol. The Kier molecular flexibility index (Phi) is 6.76. The second kappa shape index (κ2) is 9.69. The molecular weight excluding hydrogens is 455 g/mol. The molecule has 4 aromatic rings. The molecule has 1 amide bonds. The van der Waals surface area contributed by atoms with Gasteiger partial charge in [0.2, 0.25) is 5.91 Å². The van der Waals surface area contributed by atoms with Crippen molar-refractivity contribution in [1.82, 2.24) is 19.9 Å². The fraction of sp³-hybridized carbons (Fsp3) is 0.174. The van der Waals surface area contributed by atoms with Crippen molar-refractivity contribution in [2.45, 2.75) is 19.4 Å². The van der Waals surface area contributed by atoms with E-state index < -0.39 is 0 Å². The van der Waals surface area contributed by atoms with Gasteiger partial charge in [0.1, 0.15) is 12.4 Å². The Morgan fingerprint density at radius 3 is 2.52 bits per heavy atom. The van der Waals surface area contributed by atoms with Crippen LogP contribution in [0.5, 0.6) is 0 Å². The van der Waals surface area contributed by atoms with Crippen molar-refractivity contribution in [2.75, 3.05) is 6.54 Å². The standard InChI is InChI=1S/C23H19Cl3N4O/c24-17-7-2-1-5-15(17)11-22-29-20-12-18(25)19(26)13-21(20)30(22)14-23(31)28-10-8-16-6-3-4-9-27-16/h1-7,9,12-13H,8,10-11,14H2,(H,28,31). The number of halogens is 3. The molecule has 0 atom stereocenters. The Balaban J connectivity index is 1.57. The van der Waals surface area contributed by atoms with E-state index in [-0.39, 0.29) is 12.5 Å². The predicted octanol–water partition coefficient (Wildman–Crippen LogP) is 5.34. The van der Waals surface area contributed by atoms with Gasteiger partial charge in [0.25, 0.3) is 0 Å². The number of hydrogen-bond acceptors (Lipinski definition) is 3. The largest absolute Gasteiger partial charge is 0.354 e. The molecule has 0 radical (unpaired) electrons. The van der Waals surface area contributed by atoms with Crippen LogP contribution in [0.4, 0.5) is 0 Å². The highest BCUT2D eigenvalue weighted by Gasteiger charge is 2.17. The maximum absolute atomic E-state index is 12.7.